The summed E-state index contributed by atoms with van der Waals surface area (Å²) in [6, 6.07) is 5.24. The minimum absolute atomic E-state index is 0.0178. The quantitative estimate of drug-likeness (QED) is 0.836. The highest BCUT2D eigenvalue weighted by Gasteiger charge is 2.58. The molecule has 0 radical (unpaired) electrons. The summed E-state index contributed by atoms with van der Waals surface area (Å²) >= 11 is 5.94. The number of hydrogen-bond donors (Lipinski definition) is 1. The number of hydrogen-bond acceptors (Lipinski definition) is 3. The molecule has 134 valence electrons. The lowest BCUT2D eigenvalue weighted by molar-refractivity contribution is -0.146. The van der Waals surface area contributed by atoms with Gasteiger partial charge < -0.3 is 15.1 Å². The molecule has 2 fully saturated rings. The Morgan fingerprint density at radius 2 is 1.68 bits per heavy atom. The van der Waals surface area contributed by atoms with Crippen LogP contribution in [-0.2, 0) is 14.4 Å². The van der Waals surface area contributed by atoms with E-state index in [2.05, 4.69) is 5.32 Å². The maximum Gasteiger partial charge on any atom is 0.240 e. The lowest BCUT2D eigenvalue weighted by Gasteiger charge is -2.36. The lowest BCUT2D eigenvalue weighted by Crippen LogP contribution is -2.53. The SMILES string of the molecule is CC(=O)N1CCN(C(=O)C2(C(=O)Nc3ccc(Cl)cc3C)CC2)CC1. The predicted octanol–water partition coefficient (Wildman–Crippen LogP) is 2.06. The first-order chi connectivity index (χ1) is 11.8. The zero-order chi connectivity index (χ0) is 18.2. The van der Waals surface area contributed by atoms with Crippen molar-refractivity contribution in [2.45, 2.75) is 26.7 Å². The van der Waals surface area contributed by atoms with Crippen LogP contribution in [0.4, 0.5) is 5.69 Å². The van der Waals surface area contributed by atoms with E-state index in [1.807, 2.05) is 6.92 Å². The largest absolute Gasteiger partial charge is 0.339 e. The highest BCUT2D eigenvalue weighted by atomic mass is 35.5. The second kappa shape index (κ2) is 6.67. The molecular weight excluding hydrogens is 342 g/mol. The molecule has 7 heteroatoms. The maximum absolute atomic E-state index is 12.9. The van der Waals surface area contributed by atoms with Gasteiger partial charge in [0.2, 0.25) is 17.7 Å². The first kappa shape index (κ1) is 17.7. The van der Waals surface area contributed by atoms with E-state index in [0.29, 0.717) is 49.7 Å². The topological polar surface area (TPSA) is 69.7 Å². The second-order valence-electron chi connectivity index (χ2n) is 6.79. The molecule has 1 aliphatic heterocycles. The van der Waals surface area contributed by atoms with Gasteiger partial charge in [0.15, 0.2) is 0 Å². The average molecular weight is 364 g/mol. The van der Waals surface area contributed by atoms with Gasteiger partial charge in [-0.15, -0.1) is 0 Å². The molecule has 3 rings (SSSR count). The number of rotatable bonds is 3. The summed E-state index contributed by atoms with van der Waals surface area (Å²) in [5.41, 5.74) is 0.582. The van der Waals surface area contributed by atoms with E-state index in [1.165, 1.54) is 6.92 Å². The van der Waals surface area contributed by atoms with Gasteiger partial charge in [-0.1, -0.05) is 11.6 Å². The van der Waals surface area contributed by atoms with Crippen molar-refractivity contribution in [3.63, 3.8) is 0 Å². The molecule has 1 aromatic carbocycles. The zero-order valence-electron chi connectivity index (χ0n) is 14.5. The van der Waals surface area contributed by atoms with Gasteiger partial charge >= 0.3 is 0 Å². The first-order valence-corrected chi connectivity index (χ1v) is 8.84. The van der Waals surface area contributed by atoms with Crippen molar-refractivity contribution in [1.29, 1.82) is 0 Å². The Morgan fingerprint density at radius 1 is 1.08 bits per heavy atom. The number of nitrogens with zero attached hydrogens (tertiary/aromatic N) is 2. The van der Waals surface area contributed by atoms with E-state index in [9.17, 15) is 14.4 Å². The molecule has 6 nitrogen and oxygen atoms in total. The van der Waals surface area contributed by atoms with Crippen LogP contribution in [0, 0.1) is 12.3 Å². The van der Waals surface area contributed by atoms with Gasteiger partial charge in [0.1, 0.15) is 5.41 Å². The Hall–Kier alpha value is -2.08. The van der Waals surface area contributed by atoms with Crippen LogP contribution in [0.15, 0.2) is 18.2 Å². The number of piperazine rings is 1. The van der Waals surface area contributed by atoms with Crippen LogP contribution in [0.5, 0.6) is 0 Å². The van der Waals surface area contributed by atoms with Gasteiger partial charge in [0.05, 0.1) is 0 Å². The third kappa shape index (κ3) is 3.49. The average Bonchev–Trinajstić information content (AvgIpc) is 3.38. The van der Waals surface area contributed by atoms with Gasteiger partial charge in [-0.3, -0.25) is 14.4 Å². The number of halogens is 1. The van der Waals surface area contributed by atoms with Gasteiger partial charge in [0.25, 0.3) is 0 Å². The number of carbonyl (C=O) groups is 3. The van der Waals surface area contributed by atoms with Crippen LogP contribution in [0.1, 0.15) is 25.3 Å². The summed E-state index contributed by atoms with van der Waals surface area (Å²) in [4.78, 5) is 40.4. The highest BCUT2D eigenvalue weighted by molar-refractivity contribution is 6.30. The minimum Gasteiger partial charge on any atom is -0.339 e. The van der Waals surface area contributed by atoms with Crippen molar-refractivity contribution < 1.29 is 14.4 Å². The standard InChI is InChI=1S/C18H22ClN3O3/c1-12-11-14(19)3-4-15(12)20-16(24)18(5-6-18)17(25)22-9-7-21(8-10-22)13(2)23/h3-4,11H,5-10H2,1-2H3,(H,20,24). The fourth-order valence-corrected chi connectivity index (χ4v) is 3.43. The van der Waals surface area contributed by atoms with E-state index >= 15 is 0 Å². The molecule has 1 saturated heterocycles. The second-order valence-corrected chi connectivity index (χ2v) is 7.23. The third-order valence-corrected chi connectivity index (χ3v) is 5.28. The molecule has 0 aromatic heterocycles. The molecule has 1 saturated carbocycles. The summed E-state index contributed by atoms with van der Waals surface area (Å²) in [5.74, 6) is -0.360. The van der Waals surface area contributed by atoms with Crippen LogP contribution in [-0.4, -0.2) is 53.7 Å². The predicted molar refractivity (Wildman–Crippen MR) is 95.3 cm³/mol. The van der Waals surface area contributed by atoms with Gasteiger partial charge in [-0.05, 0) is 43.5 Å². The third-order valence-electron chi connectivity index (χ3n) is 5.04. The van der Waals surface area contributed by atoms with Crippen LogP contribution in [0.25, 0.3) is 0 Å². The van der Waals surface area contributed by atoms with E-state index in [4.69, 9.17) is 11.6 Å². The molecule has 1 N–H and O–H groups in total. The summed E-state index contributed by atoms with van der Waals surface area (Å²) in [5, 5.41) is 3.49. The first-order valence-electron chi connectivity index (χ1n) is 8.46. The zero-order valence-corrected chi connectivity index (χ0v) is 15.2. The fraction of sp³-hybridized carbons (Fsp3) is 0.500. The monoisotopic (exact) mass is 363 g/mol. The number of aryl methyl sites for hydroxylation is 1. The van der Waals surface area contributed by atoms with Crippen LogP contribution in [0.3, 0.4) is 0 Å². The summed E-state index contributed by atoms with van der Waals surface area (Å²) in [7, 11) is 0. The number of anilines is 1. The Labute approximate surface area is 152 Å². The fourth-order valence-electron chi connectivity index (χ4n) is 3.20. The molecule has 0 spiro atoms. The Balaban J connectivity index is 1.66. The molecule has 0 atom stereocenters. The number of carbonyl (C=O) groups excluding carboxylic acids is 3. The minimum atomic E-state index is -0.954. The number of amides is 3. The van der Waals surface area contributed by atoms with E-state index < -0.39 is 5.41 Å². The molecule has 25 heavy (non-hydrogen) atoms. The summed E-state index contributed by atoms with van der Waals surface area (Å²) in [6.07, 6.45) is 1.13. The maximum atomic E-state index is 12.9. The lowest BCUT2D eigenvalue weighted by atomic mass is 10.0. The Kier molecular flexibility index (Phi) is 4.73. The number of benzene rings is 1. The van der Waals surface area contributed by atoms with Crippen molar-refractivity contribution in [3.05, 3.63) is 28.8 Å². The Morgan fingerprint density at radius 3 is 2.20 bits per heavy atom. The molecule has 2 aliphatic rings. The molecule has 1 aromatic rings. The summed E-state index contributed by atoms with van der Waals surface area (Å²) < 4.78 is 0. The Bertz CT molecular complexity index is 722. The summed E-state index contributed by atoms with van der Waals surface area (Å²) in [6.45, 7) is 5.40. The molecule has 0 bridgehead atoms. The van der Waals surface area contributed by atoms with Gasteiger partial charge in [-0.25, -0.2) is 0 Å². The van der Waals surface area contributed by atoms with Crippen LogP contribution in [0.2, 0.25) is 5.02 Å². The van der Waals surface area contributed by atoms with Gasteiger partial charge in [0, 0.05) is 43.8 Å². The molecular formula is C18H22ClN3O3. The van der Waals surface area contributed by atoms with Crippen molar-refractivity contribution in [3.8, 4) is 0 Å². The highest BCUT2D eigenvalue weighted by Crippen LogP contribution is 2.48. The van der Waals surface area contributed by atoms with Crippen LogP contribution >= 0.6 is 11.6 Å². The van der Waals surface area contributed by atoms with E-state index in [-0.39, 0.29) is 17.7 Å². The smallest absolute Gasteiger partial charge is 0.240 e. The molecule has 3 amide bonds. The van der Waals surface area contributed by atoms with Gasteiger partial charge in [-0.2, -0.15) is 0 Å². The van der Waals surface area contributed by atoms with Crippen LogP contribution < -0.4 is 5.32 Å². The van der Waals surface area contributed by atoms with E-state index in [0.717, 1.165) is 5.56 Å². The molecule has 1 aliphatic carbocycles. The van der Waals surface area contributed by atoms with E-state index in [1.54, 1.807) is 28.0 Å². The van der Waals surface area contributed by atoms with Crippen molar-refractivity contribution in [1.82, 2.24) is 9.80 Å². The number of nitrogens with one attached hydrogen (secondary N) is 1. The molecule has 1 heterocycles. The van der Waals surface area contributed by atoms with Crippen molar-refractivity contribution in [2.24, 2.45) is 5.41 Å². The van der Waals surface area contributed by atoms with Crippen molar-refractivity contribution in [2.75, 3.05) is 31.5 Å². The molecule has 0 unspecified atom stereocenters. The normalized spacial score (nSPS) is 18.7. The van der Waals surface area contributed by atoms with Crippen molar-refractivity contribution >= 4 is 35.0 Å².